The highest BCUT2D eigenvalue weighted by atomic mass is 16.4. The summed E-state index contributed by atoms with van der Waals surface area (Å²) >= 11 is 0. The average Bonchev–Trinajstić information content (AvgIpc) is 2.18. The molecule has 3 nitrogen and oxygen atoms in total. The third-order valence-electron chi connectivity index (χ3n) is 2.59. The van der Waals surface area contributed by atoms with Gasteiger partial charge in [0, 0.05) is 0 Å². The number of benzene rings is 1. The summed E-state index contributed by atoms with van der Waals surface area (Å²) in [5.41, 5.74) is 1.72. The third-order valence-corrected chi connectivity index (χ3v) is 2.59. The van der Waals surface area contributed by atoms with E-state index in [2.05, 4.69) is 0 Å². The van der Waals surface area contributed by atoms with Gasteiger partial charge in [0.25, 0.3) is 0 Å². The van der Waals surface area contributed by atoms with Crippen LogP contribution >= 0.6 is 0 Å². The Balaban J connectivity index is 3.19. The Kier molecular flexibility index (Phi) is 3.72. The summed E-state index contributed by atoms with van der Waals surface area (Å²) in [6.07, 6.45) is 1.31. The Morgan fingerprint density at radius 2 is 2.07 bits per heavy atom. The number of aromatic hydroxyl groups is 1. The molecule has 0 heterocycles. The number of carboxylic acids is 1. The van der Waals surface area contributed by atoms with E-state index in [0.717, 1.165) is 17.5 Å². The molecule has 0 amide bonds. The van der Waals surface area contributed by atoms with Crippen LogP contribution in [-0.2, 0) is 11.2 Å². The Morgan fingerprint density at radius 3 is 2.53 bits per heavy atom. The molecule has 0 radical (unpaired) electrons. The number of rotatable bonds is 4. The van der Waals surface area contributed by atoms with Crippen molar-refractivity contribution < 1.29 is 15.0 Å². The molecule has 15 heavy (non-hydrogen) atoms. The van der Waals surface area contributed by atoms with Crippen LogP contribution in [0.5, 0.6) is 5.75 Å². The number of aryl methyl sites for hydroxylation is 1. The van der Waals surface area contributed by atoms with Crippen molar-refractivity contribution in [3.05, 3.63) is 29.3 Å². The predicted octanol–water partition coefficient (Wildman–Crippen LogP) is 2.53. The Hall–Kier alpha value is -1.51. The molecular formula is C12H16O3. The highest BCUT2D eigenvalue weighted by molar-refractivity contribution is 5.76. The molecule has 0 bridgehead atoms. The van der Waals surface area contributed by atoms with Gasteiger partial charge >= 0.3 is 5.97 Å². The molecule has 2 N–H and O–H groups in total. The molecular weight excluding hydrogens is 192 g/mol. The lowest BCUT2D eigenvalue weighted by Crippen LogP contribution is -2.12. The minimum atomic E-state index is -0.835. The molecule has 0 aliphatic heterocycles. The van der Waals surface area contributed by atoms with Crippen LogP contribution in [0.2, 0.25) is 0 Å². The normalized spacial score (nSPS) is 12.4. The fraction of sp³-hybridized carbons (Fsp3) is 0.417. The van der Waals surface area contributed by atoms with Gasteiger partial charge in [0.2, 0.25) is 0 Å². The van der Waals surface area contributed by atoms with Crippen molar-refractivity contribution in [2.75, 3.05) is 0 Å². The molecule has 0 spiro atoms. The molecule has 1 aromatic rings. The van der Waals surface area contributed by atoms with Crippen LogP contribution in [-0.4, -0.2) is 16.2 Å². The summed E-state index contributed by atoms with van der Waals surface area (Å²) in [4.78, 5) is 11.0. The molecule has 82 valence electrons. The Labute approximate surface area is 89.4 Å². The second-order valence-corrected chi connectivity index (χ2v) is 3.54. The van der Waals surface area contributed by atoms with Crippen LogP contribution in [0.1, 0.15) is 37.3 Å². The van der Waals surface area contributed by atoms with E-state index in [0.29, 0.717) is 6.42 Å². The molecule has 1 aromatic carbocycles. The van der Waals surface area contributed by atoms with E-state index in [4.69, 9.17) is 5.11 Å². The standard InChI is InChI=1S/C12H16O3/c1-3-8-5-6-9(13)7-11(8)10(4-2)12(14)15/h5-7,10,13H,3-4H2,1-2H3,(H,14,15). The first-order valence-electron chi connectivity index (χ1n) is 5.14. The zero-order valence-corrected chi connectivity index (χ0v) is 9.03. The highest BCUT2D eigenvalue weighted by Crippen LogP contribution is 2.27. The fourth-order valence-corrected chi connectivity index (χ4v) is 1.76. The first kappa shape index (κ1) is 11.6. The molecule has 0 saturated heterocycles. The number of hydrogen-bond acceptors (Lipinski definition) is 2. The predicted molar refractivity (Wildman–Crippen MR) is 58.2 cm³/mol. The minimum Gasteiger partial charge on any atom is -0.508 e. The number of phenolic OH excluding ortho intramolecular Hbond substituents is 1. The monoisotopic (exact) mass is 208 g/mol. The van der Waals surface area contributed by atoms with Crippen LogP contribution in [0.25, 0.3) is 0 Å². The van der Waals surface area contributed by atoms with E-state index < -0.39 is 11.9 Å². The molecule has 0 fully saturated rings. The summed E-state index contributed by atoms with van der Waals surface area (Å²) in [5, 5.41) is 18.4. The van der Waals surface area contributed by atoms with Crippen LogP contribution in [0.4, 0.5) is 0 Å². The van der Waals surface area contributed by atoms with Gasteiger partial charge in [-0.15, -0.1) is 0 Å². The van der Waals surface area contributed by atoms with Gasteiger partial charge in [-0.2, -0.15) is 0 Å². The second kappa shape index (κ2) is 4.82. The quantitative estimate of drug-likeness (QED) is 0.799. The molecule has 0 aromatic heterocycles. The van der Waals surface area contributed by atoms with Gasteiger partial charge in [0.05, 0.1) is 5.92 Å². The lowest BCUT2D eigenvalue weighted by molar-refractivity contribution is -0.138. The second-order valence-electron chi connectivity index (χ2n) is 3.54. The van der Waals surface area contributed by atoms with Crippen molar-refractivity contribution in [3.8, 4) is 5.75 Å². The van der Waals surface area contributed by atoms with E-state index >= 15 is 0 Å². The topological polar surface area (TPSA) is 57.5 Å². The molecule has 1 rings (SSSR count). The summed E-state index contributed by atoms with van der Waals surface area (Å²) in [7, 11) is 0. The van der Waals surface area contributed by atoms with Crippen LogP contribution in [0.3, 0.4) is 0 Å². The van der Waals surface area contributed by atoms with Crippen molar-refractivity contribution in [2.45, 2.75) is 32.6 Å². The number of carbonyl (C=O) groups is 1. The van der Waals surface area contributed by atoms with Crippen molar-refractivity contribution in [1.82, 2.24) is 0 Å². The van der Waals surface area contributed by atoms with Crippen molar-refractivity contribution >= 4 is 5.97 Å². The van der Waals surface area contributed by atoms with Crippen molar-refractivity contribution in [3.63, 3.8) is 0 Å². The van der Waals surface area contributed by atoms with Crippen molar-refractivity contribution in [1.29, 1.82) is 0 Å². The van der Waals surface area contributed by atoms with Gasteiger partial charge in [-0.3, -0.25) is 4.79 Å². The maximum absolute atomic E-state index is 11.0. The lowest BCUT2D eigenvalue weighted by atomic mass is 9.91. The number of carboxylic acid groups (broad SMARTS) is 1. The largest absolute Gasteiger partial charge is 0.508 e. The molecule has 0 aliphatic rings. The van der Waals surface area contributed by atoms with Gasteiger partial charge in [-0.25, -0.2) is 0 Å². The third kappa shape index (κ3) is 2.49. The number of phenols is 1. The van der Waals surface area contributed by atoms with Gasteiger partial charge < -0.3 is 10.2 Å². The zero-order valence-electron chi connectivity index (χ0n) is 9.03. The van der Waals surface area contributed by atoms with Crippen LogP contribution in [0.15, 0.2) is 18.2 Å². The maximum Gasteiger partial charge on any atom is 0.310 e. The van der Waals surface area contributed by atoms with Crippen molar-refractivity contribution in [2.24, 2.45) is 0 Å². The van der Waals surface area contributed by atoms with E-state index in [1.54, 1.807) is 18.2 Å². The molecule has 1 unspecified atom stereocenters. The Morgan fingerprint density at radius 1 is 1.40 bits per heavy atom. The van der Waals surface area contributed by atoms with E-state index in [-0.39, 0.29) is 5.75 Å². The van der Waals surface area contributed by atoms with Gasteiger partial charge in [0.1, 0.15) is 5.75 Å². The van der Waals surface area contributed by atoms with E-state index in [1.165, 1.54) is 0 Å². The summed E-state index contributed by atoms with van der Waals surface area (Å²) in [6.45, 7) is 3.81. The molecule has 3 heteroatoms. The van der Waals surface area contributed by atoms with E-state index in [9.17, 15) is 9.90 Å². The minimum absolute atomic E-state index is 0.127. The zero-order chi connectivity index (χ0) is 11.4. The number of aliphatic carboxylic acids is 1. The molecule has 0 aliphatic carbocycles. The van der Waals surface area contributed by atoms with Crippen LogP contribution in [0, 0.1) is 0 Å². The smallest absolute Gasteiger partial charge is 0.310 e. The average molecular weight is 208 g/mol. The summed E-state index contributed by atoms with van der Waals surface area (Å²) in [5.74, 6) is -1.23. The van der Waals surface area contributed by atoms with Gasteiger partial charge in [-0.05, 0) is 36.1 Å². The van der Waals surface area contributed by atoms with Gasteiger partial charge in [-0.1, -0.05) is 19.9 Å². The number of hydrogen-bond donors (Lipinski definition) is 2. The SMILES string of the molecule is CCc1ccc(O)cc1C(CC)C(=O)O. The van der Waals surface area contributed by atoms with E-state index in [1.807, 2.05) is 13.8 Å². The summed E-state index contributed by atoms with van der Waals surface area (Å²) < 4.78 is 0. The maximum atomic E-state index is 11.0. The van der Waals surface area contributed by atoms with Crippen LogP contribution < -0.4 is 0 Å². The molecule has 0 saturated carbocycles. The first-order chi connectivity index (χ1) is 7.10. The highest BCUT2D eigenvalue weighted by Gasteiger charge is 2.20. The Bertz CT molecular complexity index is 358. The molecule has 1 atom stereocenters. The summed E-state index contributed by atoms with van der Waals surface area (Å²) in [6, 6.07) is 4.94. The fourth-order valence-electron chi connectivity index (χ4n) is 1.76. The lowest BCUT2D eigenvalue weighted by Gasteiger charge is -2.14. The van der Waals surface area contributed by atoms with Gasteiger partial charge in [0.15, 0.2) is 0 Å². The first-order valence-corrected chi connectivity index (χ1v) is 5.14.